The van der Waals surface area contributed by atoms with Gasteiger partial charge in [-0.2, -0.15) is 0 Å². The van der Waals surface area contributed by atoms with Crippen LogP contribution >= 0.6 is 0 Å². The van der Waals surface area contributed by atoms with Gasteiger partial charge in [0.1, 0.15) is 5.75 Å². The number of nitrogens with one attached hydrogen (secondary N) is 2. The van der Waals surface area contributed by atoms with Crippen molar-refractivity contribution < 1.29 is 14.6 Å². The number of carbonyl (C=O) groups is 1. The topological polar surface area (TPSA) is 95.2 Å². The molecule has 1 aromatic carbocycles. The number of aromatic carboxylic acids is 1. The minimum absolute atomic E-state index is 0.129. The minimum Gasteiger partial charge on any atom is -0.496 e. The molecule has 2 rings (SSSR count). The third kappa shape index (κ3) is 2.24. The number of carboxylic acid groups (broad SMARTS) is 1. The van der Waals surface area contributed by atoms with Gasteiger partial charge < -0.3 is 9.84 Å². The molecule has 3 N–H and O–H groups in total. The Bertz CT molecular complexity index is 670. The molecule has 0 unspecified atom stereocenters. The molecule has 1 heterocycles. The monoisotopic (exact) mass is 262 g/mol. The molecular weight excluding hydrogens is 248 g/mol. The van der Waals surface area contributed by atoms with Crippen LogP contribution in [-0.4, -0.2) is 28.4 Å². The highest BCUT2D eigenvalue weighted by molar-refractivity contribution is 5.93. The number of methoxy groups -OCH3 is 1. The number of benzene rings is 1. The van der Waals surface area contributed by atoms with Crippen molar-refractivity contribution in [3.05, 3.63) is 39.8 Å². The van der Waals surface area contributed by atoms with Crippen molar-refractivity contribution >= 4 is 5.97 Å². The highest BCUT2D eigenvalue weighted by atomic mass is 16.5. The lowest BCUT2D eigenvalue weighted by atomic mass is 10.0. The lowest BCUT2D eigenvalue weighted by Gasteiger charge is -2.08. The van der Waals surface area contributed by atoms with Crippen molar-refractivity contribution in [1.29, 1.82) is 0 Å². The summed E-state index contributed by atoms with van der Waals surface area (Å²) in [4.78, 5) is 22.8. The van der Waals surface area contributed by atoms with E-state index in [1.165, 1.54) is 0 Å². The van der Waals surface area contributed by atoms with Crippen molar-refractivity contribution in [2.45, 2.75) is 13.3 Å². The van der Waals surface area contributed by atoms with Crippen molar-refractivity contribution in [3.8, 4) is 16.9 Å². The molecule has 0 saturated carbocycles. The lowest BCUT2D eigenvalue weighted by molar-refractivity contribution is 0.0691. The SMILES string of the molecule is CCc1cc(-c2c(C(=O)O)[nH][nH]c2=O)ccc1OC. The maximum absolute atomic E-state index is 11.7. The van der Waals surface area contributed by atoms with Crippen LogP contribution in [0.25, 0.3) is 11.1 Å². The van der Waals surface area contributed by atoms with Crippen molar-refractivity contribution in [2.75, 3.05) is 7.11 Å². The summed E-state index contributed by atoms with van der Waals surface area (Å²) in [5.74, 6) is -0.461. The zero-order valence-electron chi connectivity index (χ0n) is 10.6. The first-order valence-electron chi connectivity index (χ1n) is 5.79. The number of aromatic nitrogens is 2. The predicted octanol–water partition coefficient (Wildman–Crippen LogP) is 1.64. The average molecular weight is 262 g/mol. The first kappa shape index (κ1) is 12.9. The number of H-pyrrole nitrogens is 2. The van der Waals surface area contributed by atoms with E-state index in [9.17, 15) is 9.59 Å². The van der Waals surface area contributed by atoms with E-state index in [1.807, 2.05) is 6.92 Å². The number of ether oxygens (including phenoxy) is 1. The van der Waals surface area contributed by atoms with Crippen LogP contribution < -0.4 is 10.3 Å². The van der Waals surface area contributed by atoms with Crippen molar-refractivity contribution in [3.63, 3.8) is 0 Å². The Morgan fingerprint density at radius 2 is 2.11 bits per heavy atom. The first-order chi connectivity index (χ1) is 9.08. The van der Waals surface area contributed by atoms with Crippen LogP contribution in [0.3, 0.4) is 0 Å². The molecule has 100 valence electrons. The van der Waals surface area contributed by atoms with E-state index < -0.39 is 11.5 Å². The van der Waals surface area contributed by atoms with Gasteiger partial charge in [-0.05, 0) is 29.7 Å². The molecule has 0 radical (unpaired) electrons. The summed E-state index contributed by atoms with van der Waals surface area (Å²) in [6.45, 7) is 1.96. The summed E-state index contributed by atoms with van der Waals surface area (Å²) < 4.78 is 5.21. The second-order valence-corrected chi connectivity index (χ2v) is 4.01. The standard InChI is InChI=1S/C13H14N2O4/c1-3-7-6-8(4-5-9(7)19-2)10-11(13(17)18)14-15-12(10)16/h4-6H,3H2,1-2H3,(H,17,18)(H2,14,15,16). The molecule has 6 heteroatoms. The second-order valence-electron chi connectivity index (χ2n) is 4.01. The Hall–Kier alpha value is -2.50. The maximum atomic E-state index is 11.7. The second kappa shape index (κ2) is 5.01. The van der Waals surface area contributed by atoms with Gasteiger partial charge in [-0.15, -0.1) is 0 Å². The molecule has 0 saturated heterocycles. The van der Waals surface area contributed by atoms with Gasteiger partial charge in [-0.1, -0.05) is 13.0 Å². The molecule has 0 aliphatic rings. The lowest BCUT2D eigenvalue weighted by Crippen LogP contribution is -2.05. The minimum atomic E-state index is -1.18. The molecule has 0 amide bonds. The normalized spacial score (nSPS) is 10.4. The molecule has 6 nitrogen and oxygen atoms in total. The Morgan fingerprint density at radius 3 is 2.68 bits per heavy atom. The molecule has 0 fully saturated rings. The van der Waals surface area contributed by atoms with Crippen LogP contribution in [0.4, 0.5) is 0 Å². The Labute approximate surface area is 109 Å². The summed E-state index contributed by atoms with van der Waals surface area (Å²) in [5.41, 5.74) is 1.00. The van der Waals surface area contributed by atoms with Gasteiger partial charge in [0.2, 0.25) is 0 Å². The van der Waals surface area contributed by atoms with Crippen LogP contribution in [0.2, 0.25) is 0 Å². The fourth-order valence-corrected chi connectivity index (χ4v) is 2.00. The van der Waals surface area contributed by atoms with E-state index in [2.05, 4.69) is 10.2 Å². The van der Waals surface area contributed by atoms with Gasteiger partial charge in [0.25, 0.3) is 5.56 Å². The van der Waals surface area contributed by atoms with Crippen LogP contribution in [-0.2, 0) is 6.42 Å². The number of rotatable bonds is 4. The molecule has 0 atom stereocenters. The fraction of sp³-hybridized carbons (Fsp3) is 0.231. The van der Waals surface area contributed by atoms with Gasteiger partial charge in [0.15, 0.2) is 5.69 Å². The van der Waals surface area contributed by atoms with Crippen molar-refractivity contribution in [2.24, 2.45) is 0 Å². The molecule has 0 aliphatic carbocycles. The maximum Gasteiger partial charge on any atom is 0.354 e. The number of aryl methyl sites for hydroxylation is 1. The fourth-order valence-electron chi connectivity index (χ4n) is 2.00. The van der Waals surface area contributed by atoms with E-state index in [-0.39, 0.29) is 11.3 Å². The Kier molecular flexibility index (Phi) is 3.41. The summed E-state index contributed by atoms with van der Waals surface area (Å²) in [7, 11) is 1.57. The molecule has 19 heavy (non-hydrogen) atoms. The zero-order valence-corrected chi connectivity index (χ0v) is 10.6. The van der Waals surface area contributed by atoms with E-state index in [0.29, 0.717) is 5.56 Å². The predicted molar refractivity (Wildman–Crippen MR) is 69.7 cm³/mol. The number of aromatic amines is 2. The molecule has 0 spiro atoms. The van der Waals surface area contributed by atoms with Gasteiger partial charge in [0.05, 0.1) is 12.7 Å². The van der Waals surface area contributed by atoms with Crippen LogP contribution in [0.15, 0.2) is 23.0 Å². The van der Waals surface area contributed by atoms with Gasteiger partial charge in [-0.3, -0.25) is 15.0 Å². The van der Waals surface area contributed by atoms with E-state index in [4.69, 9.17) is 9.84 Å². The number of hydrogen-bond donors (Lipinski definition) is 3. The van der Waals surface area contributed by atoms with Gasteiger partial charge >= 0.3 is 5.97 Å². The highest BCUT2D eigenvalue weighted by Gasteiger charge is 2.18. The third-order valence-electron chi connectivity index (χ3n) is 2.94. The highest BCUT2D eigenvalue weighted by Crippen LogP contribution is 2.26. The third-order valence-corrected chi connectivity index (χ3v) is 2.94. The van der Waals surface area contributed by atoms with Crippen molar-refractivity contribution in [1.82, 2.24) is 10.2 Å². The van der Waals surface area contributed by atoms with Crippen LogP contribution in [0, 0.1) is 0 Å². The van der Waals surface area contributed by atoms with Gasteiger partial charge in [-0.25, -0.2) is 4.79 Å². The molecule has 1 aromatic heterocycles. The van der Waals surface area contributed by atoms with E-state index >= 15 is 0 Å². The van der Waals surface area contributed by atoms with Crippen LogP contribution in [0.5, 0.6) is 5.75 Å². The largest absolute Gasteiger partial charge is 0.496 e. The summed E-state index contributed by atoms with van der Waals surface area (Å²) in [5, 5.41) is 13.7. The Balaban J connectivity index is 2.63. The average Bonchev–Trinajstić information content (AvgIpc) is 2.80. The summed E-state index contributed by atoms with van der Waals surface area (Å²) >= 11 is 0. The molecule has 0 aliphatic heterocycles. The summed E-state index contributed by atoms with van der Waals surface area (Å²) in [6.07, 6.45) is 0.724. The van der Waals surface area contributed by atoms with Gasteiger partial charge in [0, 0.05) is 0 Å². The number of hydrogen-bond acceptors (Lipinski definition) is 3. The Morgan fingerprint density at radius 1 is 1.37 bits per heavy atom. The molecule has 2 aromatic rings. The first-order valence-corrected chi connectivity index (χ1v) is 5.79. The van der Waals surface area contributed by atoms with E-state index in [1.54, 1.807) is 25.3 Å². The molecular formula is C13H14N2O4. The summed E-state index contributed by atoms with van der Waals surface area (Å²) in [6, 6.07) is 5.17. The van der Waals surface area contributed by atoms with Crippen LogP contribution in [0.1, 0.15) is 23.0 Å². The quantitative estimate of drug-likeness (QED) is 0.780. The zero-order chi connectivity index (χ0) is 14.0. The number of carboxylic acids is 1. The molecule has 0 bridgehead atoms. The smallest absolute Gasteiger partial charge is 0.354 e. The van der Waals surface area contributed by atoms with E-state index in [0.717, 1.165) is 17.7 Å².